The van der Waals surface area contributed by atoms with Crippen LogP contribution in [0.4, 0.5) is 4.79 Å². The van der Waals surface area contributed by atoms with Crippen LogP contribution in [0.15, 0.2) is 0 Å². The number of carbonyl (C=O) groups is 1. The summed E-state index contributed by atoms with van der Waals surface area (Å²) in [5, 5.41) is 8.76. The zero-order valence-electron chi connectivity index (χ0n) is 6.59. The van der Waals surface area contributed by atoms with Gasteiger partial charge in [0.25, 0.3) is 0 Å². The molecule has 0 spiro atoms. The number of rotatable bonds is 2. The van der Waals surface area contributed by atoms with Crippen molar-refractivity contribution in [1.29, 1.82) is 0 Å². The van der Waals surface area contributed by atoms with Crippen LogP contribution in [0.1, 0.15) is 13.8 Å². The van der Waals surface area contributed by atoms with Gasteiger partial charge in [-0.1, -0.05) is 0 Å². The monoisotopic (exact) mass is 146 g/mol. The number of amides is 2. The number of hydrogen-bond donors (Lipinski definition) is 2. The summed E-state index contributed by atoms with van der Waals surface area (Å²) in [5.41, 5.74) is 4.41. The van der Waals surface area contributed by atoms with Crippen molar-refractivity contribution in [2.45, 2.75) is 19.4 Å². The molecule has 0 bridgehead atoms. The van der Waals surface area contributed by atoms with E-state index in [0.29, 0.717) is 0 Å². The zero-order chi connectivity index (χ0) is 8.36. The first-order chi connectivity index (χ1) is 4.41. The van der Waals surface area contributed by atoms with Gasteiger partial charge in [-0.2, -0.15) is 0 Å². The molecule has 2 amide bonds. The molecule has 0 aliphatic carbocycles. The predicted octanol–water partition coefficient (Wildman–Crippen LogP) is -0.232. The summed E-state index contributed by atoms with van der Waals surface area (Å²) in [6.45, 7) is 3.38. The Morgan fingerprint density at radius 1 is 1.70 bits per heavy atom. The van der Waals surface area contributed by atoms with E-state index in [4.69, 9.17) is 10.8 Å². The van der Waals surface area contributed by atoms with Gasteiger partial charge in [0, 0.05) is 7.05 Å². The third-order valence-corrected chi connectivity index (χ3v) is 1.63. The van der Waals surface area contributed by atoms with E-state index in [2.05, 4.69) is 0 Å². The summed E-state index contributed by atoms with van der Waals surface area (Å²) in [4.78, 5) is 11.8. The van der Waals surface area contributed by atoms with Crippen LogP contribution >= 0.6 is 0 Å². The van der Waals surface area contributed by atoms with Crippen molar-refractivity contribution in [3.8, 4) is 0 Å². The Hall–Kier alpha value is -0.770. The fourth-order valence-electron chi connectivity index (χ4n) is 0.404. The SMILES string of the molecule is CN(C(N)=O)C(C)(C)CO. The Morgan fingerprint density at radius 2 is 2.10 bits per heavy atom. The van der Waals surface area contributed by atoms with Crippen LogP contribution in [0.25, 0.3) is 0 Å². The lowest BCUT2D eigenvalue weighted by atomic mass is 10.1. The van der Waals surface area contributed by atoms with Crippen molar-refractivity contribution >= 4 is 6.03 Å². The van der Waals surface area contributed by atoms with E-state index < -0.39 is 11.6 Å². The van der Waals surface area contributed by atoms with Crippen LogP contribution < -0.4 is 5.73 Å². The number of hydrogen-bond acceptors (Lipinski definition) is 2. The molecular formula is C6H14N2O2. The van der Waals surface area contributed by atoms with Gasteiger partial charge in [0.2, 0.25) is 0 Å². The molecule has 0 aliphatic heterocycles. The van der Waals surface area contributed by atoms with Crippen LogP contribution in [0, 0.1) is 0 Å². The fraction of sp³-hybridized carbons (Fsp3) is 0.833. The average molecular weight is 146 g/mol. The van der Waals surface area contributed by atoms with Crippen LogP contribution in [0.3, 0.4) is 0 Å². The zero-order valence-corrected chi connectivity index (χ0v) is 6.59. The second-order valence-electron chi connectivity index (χ2n) is 2.87. The number of aliphatic hydroxyl groups excluding tert-OH is 1. The average Bonchev–Trinajstić information content (AvgIpc) is 1.86. The third kappa shape index (κ3) is 1.88. The van der Waals surface area contributed by atoms with Crippen LogP contribution in [0.2, 0.25) is 0 Å². The molecule has 0 fully saturated rings. The van der Waals surface area contributed by atoms with E-state index >= 15 is 0 Å². The number of carbonyl (C=O) groups excluding carboxylic acids is 1. The van der Waals surface area contributed by atoms with Crippen molar-refractivity contribution in [3.05, 3.63) is 0 Å². The maximum atomic E-state index is 10.5. The lowest BCUT2D eigenvalue weighted by Crippen LogP contribution is -2.49. The molecule has 0 rings (SSSR count). The van der Waals surface area contributed by atoms with Gasteiger partial charge in [-0.05, 0) is 13.8 Å². The number of urea groups is 1. The minimum Gasteiger partial charge on any atom is -0.394 e. The molecule has 0 saturated carbocycles. The molecule has 3 N–H and O–H groups in total. The standard InChI is InChI=1S/C6H14N2O2/c1-6(2,4-9)8(3)5(7)10/h9H,4H2,1-3H3,(H2,7,10). The highest BCUT2D eigenvalue weighted by molar-refractivity contribution is 5.72. The van der Waals surface area contributed by atoms with Crippen molar-refractivity contribution in [3.63, 3.8) is 0 Å². The maximum Gasteiger partial charge on any atom is 0.315 e. The van der Waals surface area contributed by atoms with Crippen molar-refractivity contribution in [2.24, 2.45) is 5.73 Å². The topological polar surface area (TPSA) is 66.6 Å². The maximum absolute atomic E-state index is 10.5. The lowest BCUT2D eigenvalue weighted by molar-refractivity contribution is 0.102. The molecule has 0 atom stereocenters. The van der Waals surface area contributed by atoms with E-state index in [-0.39, 0.29) is 6.61 Å². The van der Waals surface area contributed by atoms with Gasteiger partial charge >= 0.3 is 6.03 Å². The first-order valence-corrected chi connectivity index (χ1v) is 3.06. The second-order valence-corrected chi connectivity index (χ2v) is 2.87. The quantitative estimate of drug-likeness (QED) is 0.565. The van der Waals surface area contributed by atoms with Crippen molar-refractivity contribution in [2.75, 3.05) is 13.7 Å². The lowest BCUT2D eigenvalue weighted by Gasteiger charge is -2.32. The molecule has 0 radical (unpaired) electrons. The molecule has 0 unspecified atom stereocenters. The molecule has 0 saturated heterocycles. The fourth-order valence-corrected chi connectivity index (χ4v) is 0.404. The van der Waals surface area contributed by atoms with Crippen molar-refractivity contribution in [1.82, 2.24) is 4.90 Å². The second kappa shape index (κ2) is 2.88. The third-order valence-electron chi connectivity index (χ3n) is 1.63. The van der Waals surface area contributed by atoms with E-state index in [9.17, 15) is 4.79 Å². The highest BCUT2D eigenvalue weighted by Gasteiger charge is 2.24. The molecule has 4 heteroatoms. The molecular weight excluding hydrogens is 132 g/mol. The highest BCUT2D eigenvalue weighted by atomic mass is 16.3. The summed E-state index contributed by atoms with van der Waals surface area (Å²) in [7, 11) is 1.55. The Kier molecular flexibility index (Phi) is 2.65. The van der Waals surface area contributed by atoms with Gasteiger partial charge in [0.1, 0.15) is 0 Å². The van der Waals surface area contributed by atoms with Gasteiger partial charge in [0.05, 0.1) is 12.1 Å². The molecule has 0 aromatic carbocycles. The van der Waals surface area contributed by atoms with E-state index in [1.807, 2.05) is 0 Å². The van der Waals surface area contributed by atoms with Gasteiger partial charge in [0.15, 0.2) is 0 Å². The molecule has 0 heterocycles. The summed E-state index contributed by atoms with van der Waals surface area (Å²) < 4.78 is 0. The van der Waals surface area contributed by atoms with Crippen molar-refractivity contribution < 1.29 is 9.90 Å². The van der Waals surface area contributed by atoms with Gasteiger partial charge in [-0.25, -0.2) is 4.79 Å². The summed E-state index contributed by atoms with van der Waals surface area (Å²) in [5.74, 6) is 0. The Balaban J connectivity index is 4.17. The van der Waals surface area contributed by atoms with E-state index in [1.54, 1.807) is 20.9 Å². The van der Waals surface area contributed by atoms with Gasteiger partial charge in [-0.15, -0.1) is 0 Å². The summed E-state index contributed by atoms with van der Waals surface area (Å²) in [6, 6.07) is -0.529. The molecule has 0 aromatic heterocycles. The number of nitrogens with two attached hydrogens (primary N) is 1. The van der Waals surface area contributed by atoms with E-state index in [1.165, 1.54) is 4.90 Å². The molecule has 0 aromatic rings. The Morgan fingerprint density at radius 3 is 2.20 bits per heavy atom. The number of primary amides is 1. The minimum absolute atomic E-state index is 0.0908. The molecule has 10 heavy (non-hydrogen) atoms. The number of aliphatic hydroxyl groups is 1. The summed E-state index contributed by atoms with van der Waals surface area (Å²) >= 11 is 0. The molecule has 0 aliphatic rings. The molecule has 60 valence electrons. The summed E-state index contributed by atoms with van der Waals surface area (Å²) in [6.07, 6.45) is 0. The normalized spacial score (nSPS) is 11.2. The predicted molar refractivity (Wildman–Crippen MR) is 38.5 cm³/mol. The number of likely N-dealkylation sites (N-methyl/N-ethyl adjacent to an activating group) is 1. The largest absolute Gasteiger partial charge is 0.394 e. The smallest absolute Gasteiger partial charge is 0.315 e. The first-order valence-electron chi connectivity index (χ1n) is 3.06. The van der Waals surface area contributed by atoms with Crippen LogP contribution in [-0.2, 0) is 0 Å². The molecule has 4 nitrogen and oxygen atoms in total. The Labute approximate surface area is 60.6 Å². The Bertz CT molecular complexity index is 134. The highest BCUT2D eigenvalue weighted by Crippen LogP contribution is 2.09. The van der Waals surface area contributed by atoms with Gasteiger partial charge in [-0.3, -0.25) is 0 Å². The van der Waals surface area contributed by atoms with E-state index in [0.717, 1.165) is 0 Å². The number of nitrogens with zero attached hydrogens (tertiary/aromatic N) is 1. The van der Waals surface area contributed by atoms with Crippen LogP contribution in [-0.4, -0.2) is 35.2 Å². The first kappa shape index (κ1) is 9.23. The van der Waals surface area contributed by atoms with Crippen LogP contribution in [0.5, 0.6) is 0 Å². The van der Waals surface area contributed by atoms with Gasteiger partial charge < -0.3 is 15.7 Å². The minimum atomic E-state index is -0.564.